The molecule has 4 aliphatic carbocycles. The van der Waals surface area contributed by atoms with Gasteiger partial charge in [-0.15, -0.1) is 0 Å². The summed E-state index contributed by atoms with van der Waals surface area (Å²) >= 11 is 0. The molecule has 7 rings (SSSR count). The van der Waals surface area contributed by atoms with Crippen molar-refractivity contribution >= 4 is 23.2 Å². The monoisotopic (exact) mass is 761 g/mol. The molecule has 6 heteroatoms. The zero-order valence-electron chi connectivity index (χ0n) is 34.8. The topological polar surface area (TPSA) is 96.8 Å². The van der Waals surface area contributed by atoms with Crippen molar-refractivity contribution in [3.63, 3.8) is 0 Å². The molecule has 56 heavy (non-hydrogen) atoms. The van der Waals surface area contributed by atoms with E-state index in [0.717, 1.165) is 71.3 Å². The second kappa shape index (κ2) is 17.3. The van der Waals surface area contributed by atoms with E-state index < -0.39 is 0 Å². The first-order valence-corrected chi connectivity index (χ1v) is 21.9. The number of ketones is 1. The molecule has 0 heterocycles. The van der Waals surface area contributed by atoms with E-state index in [9.17, 15) is 4.79 Å². The maximum atomic E-state index is 13.1. The van der Waals surface area contributed by atoms with Gasteiger partial charge in [-0.2, -0.15) is 0 Å². The van der Waals surface area contributed by atoms with Crippen LogP contribution in [0.25, 0.3) is 6.08 Å². The lowest BCUT2D eigenvalue weighted by atomic mass is 9.44. The van der Waals surface area contributed by atoms with Crippen LogP contribution in [0.3, 0.4) is 0 Å². The number of rotatable bonds is 15. The zero-order valence-corrected chi connectivity index (χ0v) is 34.8. The summed E-state index contributed by atoms with van der Waals surface area (Å²) in [5.41, 5.74) is 15.4. The van der Waals surface area contributed by atoms with Gasteiger partial charge >= 0.3 is 0 Å². The Labute approximate surface area is 337 Å². The van der Waals surface area contributed by atoms with Gasteiger partial charge in [0.25, 0.3) is 0 Å². The molecule has 4 fully saturated rings. The number of carbonyl (C=O) groups excluding carboxylic acids is 1. The maximum absolute atomic E-state index is 13.1. The molecule has 0 bridgehead atoms. The van der Waals surface area contributed by atoms with E-state index in [2.05, 4.69) is 34.6 Å². The lowest BCUT2D eigenvalue weighted by molar-refractivity contribution is -0.126. The highest BCUT2D eigenvalue weighted by Crippen LogP contribution is 2.68. The molecule has 3 aromatic rings. The van der Waals surface area contributed by atoms with Crippen molar-refractivity contribution in [2.45, 2.75) is 118 Å². The SMILES string of the molecule is CC(C)CCC[C@@H](C)[C@H]1CCC2C3CCC4CC(Oc5ccc(C(=O)C=Cc6ccc(OCCOc7ccc(N)cc7N)cc6)cc5)CC[C@]4(C)C3CC[C@@]21C. The summed E-state index contributed by atoms with van der Waals surface area (Å²) in [6, 6.07) is 20.6. The van der Waals surface area contributed by atoms with Crippen molar-refractivity contribution in [1.29, 1.82) is 0 Å². The van der Waals surface area contributed by atoms with Crippen molar-refractivity contribution in [3.8, 4) is 17.2 Å². The summed E-state index contributed by atoms with van der Waals surface area (Å²) in [6.45, 7) is 13.5. The van der Waals surface area contributed by atoms with Gasteiger partial charge in [0.15, 0.2) is 5.78 Å². The molecular formula is C50H68N2O4. The van der Waals surface area contributed by atoms with Gasteiger partial charge in [-0.25, -0.2) is 0 Å². The van der Waals surface area contributed by atoms with Crippen LogP contribution in [0.1, 0.15) is 128 Å². The number of fused-ring (bicyclic) bond motifs is 5. The second-order valence-corrected chi connectivity index (χ2v) is 19.0. The van der Waals surface area contributed by atoms with Crippen LogP contribution < -0.4 is 25.7 Å². The molecule has 302 valence electrons. The van der Waals surface area contributed by atoms with Crippen LogP contribution in [0.4, 0.5) is 11.4 Å². The standard InChI is InChI=1S/C50H68N2O4/c1-33(2)7-6-8-34(3)43-21-22-44-42-20-14-37-31-41(25-27-49(37,4)45(42)26-28-50(43,44)5)56-40-18-12-36(13-19-40)47(53)23-11-35-9-16-39(17-10-35)54-29-30-55-48-24-15-38(51)32-46(48)52/h9-13,15-19,23-24,32-34,37,41-45H,6-8,14,20-22,25-31,51-52H2,1-5H3/t34-,37?,41?,42?,43-,44?,45?,49+,50-/m1/s1. The molecule has 0 spiro atoms. The Bertz CT molecular complexity index is 1800. The number of hydrogen-bond donors (Lipinski definition) is 2. The van der Waals surface area contributed by atoms with E-state index in [1.54, 1.807) is 24.3 Å². The van der Waals surface area contributed by atoms with Crippen molar-refractivity contribution < 1.29 is 19.0 Å². The number of hydrogen-bond acceptors (Lipinski definition) is 6. The highest BCUT2D eigenvalue weighted by Gasteiger charge is 2.60. The fraction of sp³-hybridized carbons (Fsp3) is 0.580. The molecule has 4 saturated carbocycles. The predicted molar refractivity (Wildman–Crippen MR) is 230 cm³/mol. The molecule has 4 aliphatic rings. The number of carbonyl (C=O) groups is 1. The molecule has 3 aromatic carbocycles. The molecule has 0 aliphatic heterocycles. The highest BCUT2D eigenvalue weighted by molar-refractivity contribution is 6.06. The van der Waals surface area contributed by atoms with E-state index in [4.69, 9.17) is 25.7 Å². The Morgan fingerprint density at radius 1 is 0.786 bits per heavy atom. The third-order valence-corrected chi connectivity index (χ3v) is 15.2. The van der Waals surface area contributed by atoms with Gasteiger partial charge in [-0.05, 0) is 176 Å². The van der Waals surface area contributed by atoms with E-state index in [0.29, 0.717) is 46.7 Å². The Hall–Kier alpha value is -3.93. The maximum Gasteiger partial charge on any atom is 0.185 e. The lowest BCUT2D eigenvalue weighted by Crippen LogP contribution is -2.54. The van der Waals surface area contributed by atoms with E-state index >= 15 is 0 Å². The lowest BCUT2D eigenvalue weighted by Gasteiger charge is -2.61. The molecule has 9 atom stereocenters. The average molecular weight is 761 g/mol. The van der Waals surface area contributed by atoms with Gasteiger partial charge in [-0.1, -0.05) is 72.1 Å². The minimum Gasteiger partial charge on any atom is -0.490 e. The average Bonchev–Trinajstić information content (AvgIpc) is 3.54. The van der Waals surface area contributed by atoms with E-state index in [1.807, 2.05) is 54.6 Å². The summed E-state index contributed by atoms with van der Waals surface area (Å²) < 4.78 is 18.1. The molecular weight excluding hydrogens is 693 g/mol. The first-order chi connectivity index (χ1) is 26.9. The largest absolute Gasteiger partial charge is 0.490 e. The Morgan fingerprint density at radius 2 is 1.50 bits per heavy atom. The summed E-state index contributed by atoms with van der Waals surface area (Å²) in [7, 11) is 0. The zero-order chi connectivity index (χ0) is 39.5. The van der Waals surface area contributed by atoms with Crippen LogP contribution in [0, 0.1) is 52.3 Å². The van der Waals surface area contributed by atoms with Crippen LogP contribution >= 0.6 is 0 Å². The Kier molecular flexibility index (Phi) is 12.4. The van der Waals surface area contributed by atoms with Crippen LogP contribution in [-0.4, -0.2) is 25.1 Å². The molecule has 6 nitrogen and oxygen atoms in total. The molecule has 0 amide bonds. The van der Waals surface area contributed by atoms with Crippen molar-refractivity contribution in [2.75, 3.05) is 24.7 Å². The van der Waals surface area contributed by atoms with E-state index in [1.165, 1.54) is 64.2 Å². The van der Waals surface area contributed by atoms with Crippen LogP contribution in [0.15, 0.2) is 72.8 Å². The smallest absolute Gasteiger partial charge is 0.185 e. The number of allylic oxidation sites excluding steroid dienone is 1. The molecule has 0 radical (unpaired) electrons. The Morgan fingerprint density at radius 3 is 2.25 bits per heavy atom. The molecule has 4 N–H and O–H groups in total. The van der Waals surface area contributed by atoms with Gasteiger partial charge in [0.05, 0.1) is 11.8 Å². The molecule has 0 aromatic heterocycles. The third kappa shape index (κ3) is 8.80. The quantitative estimate of drug-likeness (QED) is 0.0693. The van der Waals surface area contributed by atoms with Gasteiger partial charge in [0.1, 0.15) is 30.5 Å². The number of anilines is 2. The van der Waals surface area contributed by atoms with E-state index in [-0.39, 0.29) is 11.9 Å². The normalized spacial score (nSPS) is 30.3. The first kappa shape index (κ1) is 40.3. The minimum atomic E-state index is -0.0288. The highest BCUT2D eigenvalue weighted by atomic mass is 16.5. The van der Waals surface area contributed by atoms with Crippen molar-refractivity contribution in [3.05, 3.63) is 83.9 Å². The van der Waals surface area contributed by atoms with Crippen LogP contribution in [0.2, 0.25) is 0 Å². The van der Waals surface area contributed by atoms with Gasteiger partial charge in [-0.3, -0.25) is 4.79 Å². The summed E-state index contributed by atoms with van der Waals surface area (Å²) in [6.07, 6.45) is 20.1. The first-order valence-electron chi connectivity index (χ1n) is 21.9. The van der Waals surface area contributed by atoms with Crippen molar-refractivity contribution in [2.24, 2.45) is 52.3 Å². The van der Waals surface area contributed by atoms with Crippen LogP contribution in [0.5, 0.6) is 17.2 Å². The third-order valence-electron chi connectivity index (χ3n) is 15.2. The number of nitrogen functional groups attached to an aromatic ring is 2. The van der Waals surface area contributed by atoms with Gasteiger partial charge in [0.2, 0.25) is 0 Å². The number of ether oxygens (including phenoxy) is 3. The number of benzene rings is 3. The minimum absolute atomic E-state index is 0.0288. The summed E-state index contributed by atoms with van der Waals surface area (Å²) in [4.78, 5) is 13.1. The summed E-state index contributed by atoms with van der Waals surface area (Å²) in [5, 5.41) is 0. The van der Waals surface area contributed by atoms with Crippen LogP contribution in [-0.2, 0) is 0 Å². The van der Waals surface area contributed by atoms with Gasteiger partial charge < -0.3 is 25.7 Å². The fourth-order valence-electron chi connectivity index (χ4n) is 12.2. The van der Waals surface area contributed by atoms with Crippen molar-refractivity contribution in [1.82, 2.24) is 0 Å². The molecule has 0 saturated heterocycles. The molecule has 5 unspecified atom stereocenters. The van der Waals surface area contributed by atoms with Gasteiger partial charge in [0, 0.05) is 11.3 Å². The fourth-order valence-corrected chi connectivity index (χ4v) is 12.2. The second-order valence-electron chi connectivity index (χ2n) is 19.0. The number of nitrogens with two attached hydrogens (primary N) is 2. The summed E-state index contributed by atoms with van der Waals surface area (Å²) in [5.74, 6) is 8.26. The Balaban J connectivity index is 0.862. The predicted octanol–water partition coefficient (Wildman–Crippen LogP) is 12.1.